The third kappa shape index (κ3) is 2.81. The van der Waals surface area contributed by atoms with E-state index in [0.717, 1.165) is 25.1 Å². The normalized spacial score (nSPS) is 23.3. The van der Waals surface area contributed by atoms with Gasteiger partial charge in [-0.2, -0.15) is 0 Å². The number of rotatable bonds is 3. The molecule has 1 amide bonds. The van der Waals surface area contributed by atoms with E-state index >= 15 is 0 Å². The Bertz CT molecular complexity index is 558. The van der Waals surface area contributed by atoms with Crippen LogP contribution in [0.5, 0.6) is 5.75 Å². The highest BCUT2D eigenvalue weighted by molar-refractivity contribution is 6.32. The molecule has 1 saturated heterocycles. The lowest BCUT2D eigenvalue weighted by molar-refractivity contribution is -0.147. The van der Waals surface area contributed by atoms with Gasteiger partial charge in [0.1, 0.15) is 11.4 Å². The molecule has 1 aromatic carbocycles. The van der Waals surface area contributed by atoms with Crippen molar-refractivity contribution in [3.63, 3.8) is 0 Å². The number of hydrogen-bond acceptors (Lipinski definition) is 4. The Morgan fingerprint density at radius 1 is 1.45 bits per heavy atom. The van der Waals surface area contributed by atoms with Gasteiger partial charge in [-0.15, -0.1) is 0 Å². The molecule has 1 atom stereocenters. The molecule has 2 heterocycles. The molecule has 120 valence electrons. The smallest absolute Gasteiger partial charge is 0.252 e. The van der Waals surface area contributed by atoms with E-state index in [4.69, 9.17) is 21.1 Å². The average Bonchev–Trinajstić information content (AvgIpc) is 2.56. The Balaban J connectivity index is 1.79. The SMILES string of the molecule is COC1(C(=O)NC2CCOc3c(Cl)cccc32)CCNCC1. The molecule has 0 aromatic heterocycles. The number of ether oxygens (including phenoxy) is 2. The van der Waals surface area contributed by atoms with Gasteiger partial charge in [-0.05, 0) is 32.0 Å². The quantitative estimate of drug-likeness (QED) is 0.893. The average molecular weight is 325 g/mol. The van der Waals surface area contributed by atoms with Gasteiger partial charge in [0.05, 0.1) is 17.7 Å². The summed E-state index contributed by atoms with van der Waals surface area (Å²) in [6.07, 6.45) is 2.10. The molecular formula is C16H21ClN2O3. The van der Waals surface area contributed by atoms with Crippen LogP contribution in [0.15, 0.2) is 18.2 Å². The van der Waals surface area contributed by atoms with Gasteiger partial charge in [0.2, 0.25) is 0 Å². The molecule has 0 spiro atoms. The van der Waals surface area contributed by atoms with E-state index in [0.29, 0.717) is 30.2 Å². The van der Waals surface area contributed by atoms with Gasteiger partial charge in [0, 0.05) is 19.1 Å². The summed E-state index contributed by atoms with van der Waals surface area (Å²) in [7, 11) is 1.61. The largest absolute Gasteiger partial charge is 0.492 e. The molecule has 0 aliphatic carbocycles. The zero-order valence-corrected chi connectivity index (χ0v) is 13.4. The first-order valence-corrected chi connectivity index (χ1v) is 8.02. The Kier molecular flexibility index (Phi) is 4.57. The van der Waals surface area contributed by atoms with Crippen molar-refractivity contribution in [3.8, 4) is 5.75 Å². The van der Waals surface area contributed by atoms with Gasteiger partial charge < -0.3 is 20.1 Å². The maximum Gasteiger partial charge on any atom is 0.252 e. The van der Waals surface area contributed by atoms with Crippen molar-refractivity contribution >= 4 is 17.5 Å². The summed E-state index contributed by atoms with van der Waals surface area (Å²) in [4.78, 5) is 12.8. The van der Waals surface area contributed by atoms with Gasteiger partial charge in [-0.1, -0.05) is 23.7 Å². The summed E-state index contributed by atoms with van der Waals surface area (Å²) < 4.78 is 11.2. The van der Waals surface area contributed by atoms with Crippen LogP contribution < -0.4 is 15.4 Å². The van der Waals surface area contributed by atoms with Gasteiger partial charge in [-0.3, -0.25) is 4.79 Å². The van der Waals surface area contributed by atoms with Crippen LogP contribution in [-0.4, -0.2) is 38.3 Å². The van der Waals surface area contributed by atoms with E-state index in [2.05, 4.69) is 10.6 Å². The first kappa shape index (κ1) is 15.6. The number of amides is 1. The zero-order valence-electron chi connectivity index (χ0n) is 12.7. The van der Waals surface area contributed by atoms with Crippen molar-refractivity contribution in [2.24, 2.45) is 0 Å². The molecule has 1 unspecified atom stereocenters. The van der Waals surface area contributed by atoms with Crippen LogP contribution in [0.2, 0.25) is 5.02 Å². The molecule has 1 fully saturated rings. The molecule has 2 aliphatic rings. The molecule has 0 radical (unpaired) electrons. The number of nitrogens with one attached hydrogen (secondary N) is 2. The molecule has 0 bridgehead atoms. The summed E-state index contributed by atoms with van der Waals surface area (Å²) in [5.41, 5.74) is 0.203. The van der Waals surface area contributed by atoms with Crippen LogP contribution in [0.25, 0.3) is 0 Å². The lowest BCUT2D eigenvalue weighted by Crippen LogP contribution is -2.55. The van der Waals surface area contributed by atoms with Crippen LogP contribution >= 0.6 is 11.6 Å². The number of para-hydroxylation sites is 1. The van der Waals surface area contributed by atoms with Gasteiger partial charge in [0.25, 0.3) is 5.91 Å². The van der Waals surface area contributed by atoms with E-state index in [1.54, 1.807) is 13.2 Å². The second-order valence-electron chi connectivity index (χ2n) is 5.77. The Labute approximate surface area is 135 Å². The number of hydrogen-bond donors (Lipinski definition) is 2. The molecule has 22 heavy (non-hydrogen) atoms. The zero-order chi connectivity index (χ0) is 15.6. The molecule has 2 N–H and O–H groups in total. The minimum absolute atomic E-state index is 0.0469. The maximum absolute atomic E-state index is 12.8. The number of carbonyl (C=O) groups excluding carboxylic acids is 1. The number of carbonyl (C=O) groups is 1. The maximum atomic E-state index is 12.8. The number of fused-ring (bicyclic) bond motifs is 1. The Hall–Kier alpha value is -1.30. The summed E-state index contributed by atoms with van der Waals surface area (Å²) in [6, 6.07) is 5.55. The van der Waals surface area contributed by atoms with E-state index in [-0.39, 0.29) is 11.9 Å². The van der Waals surface area contributed by atoms with Crippen molar-refractivity contribution in [2.75, 3.05) is 26.8 Å². The van der Waals surface area contributed by atoms with Gasteiger partial charge >= 0.3 is 0 Å². The van der Waals surface area contributed by atoms with Crippen molar-refractivity contribution in [1.82, 2.24) is 10.6 Å². The predicted molar refractivity (Wildman–Crippen MR) is 84.3 cm³/mol. The van der Waals surface area contributed by atoms with Crippen LogP contribution in [0.1, 0.15) is 30.9 Å². The second kappa shape index (κ2) is 6.44. The highest BCUT2D eigenvalue weighted by Gasteiger charge is 2.41. The van der Waals surface area contributed by atoms with E-state index in [1.165, 1.54) is 0 Å². The van der Waals surface area contributed by atoms with Crippen molar-refractivity contribution < 1.29 is 14.3 Å². The minimum Gasteiger partial charge on any atom is -0.492 e. The standard InChI is InChI=1S/C16H21ClN2O3/c1-21-16(6-8-18-9-7-16)15(20)19-13-5-10-22-14-11(13)3-2-4-12(14)17/h2-4,13,18H,5-10H2,1H3,(H,19,20). The molecule has 3 rings (SSSR count). The Morgan fingerprint density at radius 2 is 2.23 bits per heavy atom. The monoisotopic (exact) mass is 324 g/mol. The van der Waals surface area contributed by atoms with Crippen molar-refractivity contribution in [2.45, 2.75) is 30.9 Å². The second-order valence-corrected chi connectivity index (χ2v) is 6.18. The fourth-order valence-electron chi connectivity index (χ4n) is 3.18. The molecule has 0 saturated carbocycles. The van der Waals surface area contributed by atoms with Crippen LogP contribution in [-0.2, 0) is 9.53 Å². The summed E-state index contributed by atoms with van der Waals surface area (Å²) >= 11 is 6.18. The topological polar surface area (TPSA) is 59.6 Å². The van der Waals surface area contributed by atoms with Crippen molar-refractivity contribution in [3.05, 3.63) is 28.8 Å². The molecule has 2 aliphatic heterocycles. The van der Waals surface area contributed by atoms with Gasteiger partial charge in [0.15, 0.2) is 0 Å². The first-order chi connectivity index (χ1) is 10.7. The predicted octanol–water partition coefficient (Wildman–Crippen LogP) is 2.05. The van der Waals surface area contributed by atoms with Crippen molar-refractivity contribution in [1.29, 1.82) is 0 Å². The minimum atomic E-state index is -0.734. The molecule has 6 heteroatoms. The highest BCUT2D eigenvalue weighted by Crippen LogP contribution is 2.38. The number of piperidine rings is 1. The lowest BCUT2D eigenvalue weighted by Gasteiger charge is -2.37. The lowest BCUT2D eigenvalue weighted by atomic mass is 9.90. The number of halogens is 1. The summed E-state index contributed by atoms with van der Waals surface area (Å²) in [5.74, 6) is 0.631. The fourth-order valence-corrected chi connectivity index (χ4v) is 3.42. The van der Waals surface area contributed by atoms with Crippen LogP contribution in [0.4, 0.5) is 0 Å². The van der Waals surface area contributed by atoms with Crippen LogP contribution in [0, 0.1) is 0 Å². The number of benzene rings is 1. The van der Waals surface area contributed by atoms with E-state index < -0.39 is 5.60 Å². The molecule has 5 nitrogen and oxygen atoms in total. The third-order valence-electron chi connectivity index (χ3n) is 4.55. The van der Waals surface area contributed by atoms with Gasteiger partial charge in [-0.25, -0.2) is 0 Å². The van der Waals surface area contributed by atoms with E-state index in [1.807, 2.05) is 12.1 Å². The highest BCUT2D eigenvalue weighted by atomic mass is 35.5. The fraction of sp³-hybridized carbons (Fsp3) is 0.562. The Morgan fingerprint density at radius 3 is 2.95 bits per heavy atom. The molecule has 1 aromatic rings. The number of methoxy groups -OCH3 is 1. The third-order valence-corrected chi connectivity index (χ3v) is 4.84. The first-order valence-electron chi connectivity index (χ1n) is 7.64. The summed E-state index contributed by atoms with van der Waals surface area (Å²) in [6.45, 7) is 2.12. The van der Waals surface area contributed by atoms with Crippen LogP contribution in [0.3, 0.4) is 0 Å². The van der Waals surface area contributed by atoms with E-state index in [9.17, 15) is 4.79 Å². The summed E-state index contributed by atoms with van der Waals surface area (Å²) in [5, 5.41) is 6.97. The molecular weight excluding hydrogens is 304 g/mol.